The van der Waals surface area contributed by atoms with E-state index in [1.165, 1.54) is 7.11 Å². The Hall–Kier alpha value is -2.42. The molecule has 0 aliphatic carbocycles. The average Bonchev–Trinajstić information content (AvgIpc) is 3.05. The van der Waals surface area contributed by atoms with E-state index in [1.807, 2.05) is 6.92 Å². The van der Waals surface area contributed by atoms with Crippen molar-refractivity contribution in [2.24, 2.45) is 5.92 Å². The molecular weight excluding hydrogens is 386 g/mol. The van der Waals surface area contributed by atoms with Crippen LogP contribution in [-0.4, -0.2) is 63.7 Å². The summed E-state index contributed by atoms with van der Waals surface area (Å²) in [6.45, 7) is 7.98. The highest BCUT2D eigenvalue weighted by Crippen LogP contribution is 2.21. The molecule has 3 heterocycles. The molecule has 3 rings (SSSR count). The summed E-state index contributed by atoms with van der Waals surface area (Å²) in [6, 6.07) is 0.328. The lowest BCUT2D eigenvalue weighted by molar-refractivity contribution is -0.142. The fourth-order valence-electron chi connectivity index (χ4n) is 3.91. The standard InChI is InChI=1S/C21H33N5O4/c1-4-5-13-30-20-22-15(2)18-19(24-20)26(21(28)23-18)10-6-9-25-11-7-16(8-12-25)14-17(27)29-3/h16H,4-14H2,1-3H3,(H,23,28). The average molecular weight is 420 g/mol. The summed E-state index contributed by atoms with van der Waals surface area (Å²) in [5.74, 6) is 0.290. The molecule has 9 nitrogen and oxygen atoms in total. The van der Waals surface area contributed by atoms with Gasteiger partial charge in [-0.1, -0.05) is 13.3 Å². The number of aromatic amines is 1. The van der Waals surface area contributed by atoms with Gasteiger partial charge in [-0.3, -0.25) is 9.36 Å². The number of carbonyl (C=O) groups is 1. The highest BCUT2D eigenvalue weighted by Gasteiger charge is 2.22. The van der Waals surface area contributed by atoms with Crippen LogP contribution in [0.4, 0.5) is 0 Å². The zero-order chi connectivity index (χ0) is 21.5. The molecule has 30 heavy (non-hydrogen) atoms. The number of unbranched alkanes of at least 4 members (excludes halogenated alkanes) is 1. The van der Waals surface area contributed by atoms with Gasteiger partial charge in [0.2, 0.25) is 0 Å². The largest absolute Gasteiger partial charge is 0.469 e. The summed E-state index contributed by atoms with van der Waals surface area (Å²) in [5, 5.41) is 0. The van der Waals surface area contributed by atoms with Crippen LogP contribution in [0, 0.1) is 12.8 Å². The number of likely N-dealkylation sites (tertiary alicyclic amines) is 1. The first kappa shape index (κ1) is 22.3. The lowest BCUT2D eigenvalue weighted by Gasteiger charge is -2.31. The number of esters is 1. The van der Waals surface area contributed by atoms with Crippen LogP contribution in [0.25, 0.3) is 11.2 Å². The summed E-state index contributed by atoms with van der Waals surface area (Å²) in [7, 11) is 1.44. The maximum absolute atomic E-state index is 12.5. The van der Waals surface area contributed by atoms with Crippen LogP contribution in [0.2, 0.25) is 0 Å². The van der Waals surface area contributed by atoms with Gasteiger partial charge in [-0.15, -0.1) is 0 Å². The lowest BCUT2D eigenvalue weighted by atomic mass is 9.93. The van der Waals surface area contributed by atoms with Crippen molar-refractivity contribution in [3.63, 3.8) is 0 Å². The number of nitrogens with one attached hydrogen (secondary N) is 1. The van der Waals surface area contributed by atoms with Crippen LogP contribution in [0.5, 0.6) is 6.01 Å². The molecule has 2 aromatic heterocycles. The number of fused-ring (bicyclic) bond motifs is 1. The van der Waals surface area contributed by atoms with Gasteiger partial charge in [-0.05, 0) is 58.2 Å². The molecule has 1 aliphatic rings. The Kier molecular flexibility index (Phi) is 7.84. The maximum atomic E-state index is 12.5. The first-order valence-electron chi connectivity index (χ1n) is 10.9. The molecule has 1 N–H and O–H groups in total. The minimum Gasteiger partial charge on any atom is -0.469 e. The molecule has 166 valence electrons. The lowest BCUT2D eigenvalue weighted by Crippen LogP contribution is -2.35. The topological polar surface area (TPSA) is 102 Å². The van der Waals surface area contributed by atoms with Crippen molar-refractivity contribution in [2.75, 3.05) is 33.4 Å². The second kappa shape index (κ2) is 10.6. The van der Waals surface area contributed by atoms with E-state index in [9.17, 15) is 9.59 Å². The van der Waals surface area contributed by atoms with Crippen molar-refractivity contribution in [3.05, 3.63) is 16.2 Å². The third-order valence-corrected chi connectivity index (χ3v) is 5.76. The Bertz CT molecular complexity index is 899. The van der Waals surface area contributed by atoms with Crippen molar-refractivity contribution in [3.8, 4) is 6.01 Å². The van der Waals surface area contributed by atoms with Gasteiger partial charge in [0, 0.05) is 13.0 Å². The third kappa shape index (κ3) is 5.59. The number of methoxy groups -OCH3 is 1. The van der Waals surface area contributed by atoms with Crippen LogP contribution >= 0.6 is 0 Å². The molecule has 1 aliphatic heterocycles. The van der Waals surface area contributed by atoms with Crippen LogP contribution in [0.15, 0.2) is 4.79 Å². The number of H-pyrrole nitrogens is 1. The second-order valence-corrected chi connectivity index (χ2v) is 7.99. The predicted octanol–water partition coefficient (Wildman–Crippen LogP) is 2.27. The molecule has 0 amide bonds. The number of rotatable bonds is 10. The van der Waals surface area contributed by atoms with E-state index in [4.69, 9.17) is 9.47 Å². The van der Waals surface area contributed by atoms with E-state index in [1.54, 1.807) is 4.57 Å². The smallest absolute Gasteiger partial charge is 0.327 e. The zero-order valence-electron chi connectivity index (χ0n) is 18.3. The summed E-state index contributed by atoms with van der Waals surface area (Å²) in [6.07, 6.45) is 5.35. The molecule has 0 bridgehead atoms. The molecule has 2 aromatic rings. The molecule has 0 spiro atoms. The molecule has 0 saturated carbocycles. The second-order valence-electron chi connectivity index (χ2n) is 7.99. The van der Waals surface area contributed by atoms with E-state index in [2.05, 4.69) is 26.8 Å². The Morgan fingerprint density at radius 2 is 1.97 bits per heavy atom. The highest BCUT2D eigenvalue weighted by molar-refractivity contribution is 5.73. The van der Waals surface area contributed by atoms with E-state index >= 15 is 0 Å². The number of nitrogens with zero attached hydrogens (tertiary/aromatic N) is 4. The van der Waals surface area contributed by atoms with E-state index in [0.29, 0.717) is 42.7 Å². The van der Waals surface area contributed by atoms with Crippen LogP contribution in [0.1, 0.15) is 51.1 Å². The van der Waals surface area contributed by atoms with Gasteiger partial charge < -0.3 is 19.4 Å². The molecule has 0 radical (unpaired) electrons. The summed E-state index contributed by atoms with van der Waals surface area (Å²) >= 11 is 0. The van der Waals surface area contributed by atoms with Crippen molar-refractivity contribution < 1.29 is 14.3 Å². The Morgan fingerprint density at radius 3 is 2.67 bits per heavy atom. The summed E-state index contributed by atoms with van der Waals surface area (Å²) in [5.41, 5.74) is 1.84. The first-order valence-corrected chi connectivity index (χ1v) is 10.9. The highest BCUT2D eigenvalue weighted by atomic mass is 16.5. The van der Waals surface area contributed by atoms with Gasteiger partial charge in [-0.2, -0.15) is 9.97 Å². The van der Waals surface area contributed by atoms with Gasteiger partial charge in [0.05, 0.1) is 19.4 Å². The molecule has 9 heteroatoms. The maximum Gasteiger partial charge on any atom is 0.327 e. The van der Waals surface area contributed by atoms with Gasteiger partial charge in [0.25, 0.3) is 0 Å². The fraction of sp³-hybridized carbons (Fsp3) is 0.714. The minimum atomic E-state index is -0.162. The number of aromatic nitrogens is 4. The van der Waals surface area contributed by atoms with Gasteiger partial charge in [-0.25, -0.2) is 4.79 Å². The third-order valence-electron chi connectivity index (χ3n) is 5.76. The van der Waals surface area contributed by atoms with Crippen molar-refractivity contribution >= 4 is 17.1 Å². The van der Waals surface area contributed by atoms with E-state index in [-0.39, 0.29) is 11.7 Å². The number of hydrogen-bond donors (Lipinski definition) is 1. The molecule has 1 fully saturated rings. The fourth-order valence-corrected chi connectivity index (χ4v) is 3.91. The molecule has 0 aromatic carbocycles. The van der Waals surface area contributed by atoms with Crippen LogP contribution in [-0.2, 0) is 16.1 Å². The minimum absolute atomic E-state index is 0.123. The molecular formula is C21H33N5O4. The summed E-state index contributed by atoms with van der Waals surface area (Å²) in [4.78, 5) is 38.0. The van der Waals surface area contributed by atoms with Gasteiger partial charge in [0.1, 0.15) is 5.52 Å². The van der Waals surface area contributed by atoms with Crippen molar-refractivity contribution in [1.82, 2.24) is 24.4 Å². The predicted molar refractivity (Wildman–Crippen MR) is 114 cm³/mol. The number of hydrogen-bond acceptors (Lipinski definition) is 7. The normalized spacial score (nSPS) is 15.6. The van der Waals surface area contributed by atoms with E-state index < -0.39 is 0 Å². The number of aryl methyl sites for hydroxylation is 2. The first-order chi connectivity index (χ1) is 14.5. The monoisotopic (exact) mass is 419 g/mol. The zero-order valence-corrected chi connectivity index (χ0v) is 18.3. The summed E-state index contributed by atoms with van der Waals surface area (Å²) < 4.78 is 12.1. The van der Waals surface area contributed by atoms with Crippen LogP contribution < -0.4 is 10.4 Å². The van der Waals surface area contributed by atoms with Crippen LogP contribution in [0.3, 0.4) is 0 Å². The quantitative estimate of drug-likeness (QED) is 0.465. The van der Waals surface area contributed by atoms with Crippen molar-refractivity contribution in [2.45, 2.75) is 58.9 Å². The van der Waals surface area contributed by atoms with Crippen molar-refractivity contribution in [1.29, 1.82) is 0 Å². The molecule has 1 saturated heterocycles. The SMILES string of the molecule is CCCCOc1nc(C)c2[nH]c(=O)n(CCCN3CCC(CC(=O)OC)CC3)c2n1. The molecule has 0 unspecified atom stereocenters. The van der Waals surface area contributed by atoms with Gasteiger partial charge in [0.15, 0.2) is 5.65 Å². The number of ether oxygens (including phenoxy) is 2. The number of carbonyl (C=O) groups excluding carboxylic acids is 1. The Morgan fingerprint density at radius 1 is 1.20 bits per heavy atom. The molecule has 0 atom stereocenters. The number of imidazole rings is 1. The van der Waals surface area contributed by atoms with Gasteiger partial charge >= 0.3 is 17.7 Å². The Labute approximate surface area is 176 Å². The number of piperidine rings is 1. The van der Waals surface area contributed by atoms with E-state index in [0.717, 1.165) is 57.4 Å². The Balaban J connectivity index is 1.56.